The van der Waals surface area contributed by atoms with Gasteiger partial charge in [-0.3, -0.25) is 0 Å². The minimum atomic E-state index is -3.72. The molecule has 0 saturated carbocycles. The highest BCUT2D eigenvalue weighted by Crippen LogP contribution is 2.30. The van der Waals surface area contributed by atoms with E-state index in [4.69, 9.17) is 40.2 Å². The lowest BCUT2D eigenvalue weighted by Crippen LogP contribution is -2.40. The van der Waals surface area contributed by atoms with E-state index in [0.717, 1.165) is 0 Å². The number of hydrogen-bond donors (Lipinski definition) is 2. The van der Waals surface area contributed by atoms with E-state index in [2.05, 4.69) is 15.4 Å². The van der Waals surface area contributed by atoms with Crippen molar-refractivity contribution in [3.05, 3.63) is 46.4 Å². The molecular weight excluding hydrogens is 495 g/mol. The lowest BCUT2D eigenvalue weighted by molar-refractivity contribution is -0.0497. The lowest BCUT2D eigenvalue weighted by atomic mass is 10.3. The van der Waals surface area contributed by atoms with Crippen LogP contribution in [0.15, 0.2) is 41.3 Å². The van der Waals surface area contributed by atoms with Gasteiger partial charge in [0.15, 0.2) is 5.11 Å². The van der Waals surface area contributed by atoms with E-state index in [1.165, 1.54) is 40.7 Å². The van der Waals surface area contributed by atoms with Crippen LogP contribution in [0.1, 0.15) is 0 Å². The number of halogens is 4. The van der Waals surface area contributed by atoms with Crippen molar-refractivity contribution < 1.29 is 26.7 Å². The molecule has 1 heterocycles. The van der Waals surface area contributed by atoms with E-state index < -0.39 is 16.6 Å². The zero-order chi connectivity index (χ0) is 22.6. The summed E-state index contributed by atoms with van der Waals surface area (Å²) in [6.07, 6.45) is 0. The summed E-state index contributed by atoms with van der Waals surface area (Å²) >= 11 is 17.3. The van der Waals surface area contributed by atoms with Crippen LogP contribution in [0.25, 0.3) is 0 Å². The predicted octanol–water partition coefficient (Wildman–Crippen LogP) is 4.42. The fourth-order valence-electron chi connectivity index (χ4n) is 2.75. The second kappa shape index (κ2) is 10.2. The Morgan fingerprint density at radius 2 is 1.81 bits per heavy atom. The largest absolute Gasteiger partial charge is 0.433 e. The highest BCUT2D eigenvalue weighted by molar-refractivity contribution is 7.89. The third-order valence-corrected chi connectivity index (χ3v) is 6.92. The molecule has 31 heavy (non-hydrogen) atoms. The molecule has 0 aliphatic carbocycles. The van der Waals surface area contributed by atoms with Crippen LogP contribution in [-0.4, -0.2) is 50.8 Å². The van der Waals surface area contributed by atoms with Crippen molar-refractivity contribution >= 4 is 61.9 Å². The molecule has 168 valence electrons. The second-order valence-electron chi connectivity index (χ2n) is 6.26. The van der Waals surface area contributed by atoms with Gasteiger partial charge >= 0.3 is 6.61 Å². The van der Waals surface area contributed by atoms with Gasteiger partial charge in [0, 0.05) is 18.8 Å². The monoisotopic (exact) mass is 511 g/mol. The number of nitrogens with one attached hydrogen (secondary N) is 2. The number of morpholine rings is 1. The van der Waals surface area contributed by atoms with Crippen LogP contribution in [0.5, 0.6) is 5.75 Å². The first kappa shape index (κ1) is 23.9. The molecule has 7 nitrogen and oxygen atoms in total. The van der Waals surface area contributed by atoms with E-state index in [1.54, 1.807) is 0 Å². The van der Waals surface area contributed by atoms with Crippen molar-refractivity contribution in [1.82, 2.24) is 4.31 Å². The van der Waals surface area contributed by atoms with Crippen LogP contribution in [0, 0.1) is 0 Å². The SMILES string of the molecule is O=S(=O)(c1ccc(Cl)c(NC(=S)Nc2ccc(OC(F)F)c(Cl)c2)c1)N1CCOCC1. The van der Waals surface area contributed by atoms with Crippen LogP contribution in [0.3, 0.4) is 0 Å². The molecule has 2 N–H and O–H groups in total. The van der Waals surface area contributed by atoms with Gasteiger partial charge in [-0.15, -0.1) is 0 Å². The average molecular weight is 512 g/mol. The Hall–Kier alpha value is -1.76. The van der Waals surface area contributed by atoms with Gasteiger partial charge in [0.05, 0.1) is 33.8 Å². The summed E-state index contributed by atoms with van der Waals surface area (Å²) in [5.41, 5.74) is 0.676. The summed E-state index contributed by atoms with van der Waals surface area (Å²) in [5, 5.41) is 5.95. The smallest absolute Gasteiger partial charge is 0.387 e. The van der Waals surface area contributed by atoms with Crippen molar-refractivity contribution in [3.63, 3.8) is 0 Å². The van der Waals surface area contributed by atoms with E-state index in [9.17, 15) is 17.2 Å². The Morgan fingerprint density at radius 1 is 1.10 bits per heavy atom. The Kier molecular flexibility index (Phi) is 7.89. The number of nitrogens with zero attached hydrogens (tertiary/aromatic N) is 1. The maximum absolute atomic E-state index is 12.8. The molecule has 0 radical (unpaired) electrons. The van der Waals surface area contributed by atoms with E-state index >= 15 is 0 Å². The fourth-order valence-corrected chi connectivity index (χ4v) is 4.80. The number of thiocarbonyl (C=S) groups is 1. The van der Waals surface area contributed by atoms with Gasteiger partial charge in [-0.05, 0) is 48.6 Å². The van der Waals surface area contributed by atoms with E-state index in [-0.39, 0.29) is 44.6 Å². The van der Waals surface area contributed by atoms with Crippen LogP contribution in [-0.2, 0) is 14.8 Å². The van der Waals surface area contributed by atoms with Crippen LogP contribution in [0.4, 0.5) is 20.2 Å². The van der Waals surface area contributed by atoms with Crippen molar-refractivity contribution in [2.75, 3.05) is 36.9 Å². The molecule has 1 aliphatic heterocycles. The fraction of sp³-hybridized carbons (Fsp3) is 0.278. The van der Waals surface area contributed by atoms with Gasteiger partial charge in [0.1, 0.15) is 5.75 Å². The Labute approximate surface area is 193 Å². The van der Waals surface area contributed by atoms with E-state index in [0.29, 0.717) is 18.9 Å². The summed E-state index contributed by atoms with van der Waals surface area (Å²) in [4.78, 5) is 0.0562. The van der Waals surface area contributed by atoms with Gasteiger partial charge in [-0.1, -0.05) is 23.2 Å². The van der Waals surface area contributed by atoms with E-state index in [1.807, 2.05) is 0 Å². The standard InChI is InChI=1S/C18H17Cl2F2N3O4S2/c19-13-3-2-12(31(26,27)25-5-7-28-8-6-25)10-15(13)24-18(30)23-11-1-4-16(14(20)9-11)29-17(21)22/h1-4,9-10,17H,5-8H2,(H2,23,24,30). The Balaban J connectivity index is 1.73. The summed E-state index contributed by atoms with van der Waals surface area (Å²) in [5.74, 6) is -0.176. The first-order valence-corrected chi connectivity index (χ1v) is 11.5. The topological polar surface area (TPSA) is 79.9 Å². The molecule has 0 bridgehead atoms. The number of alkyl halides is 2. The molecule has 1 aliphatic rings. The van der Waals surface area contributed by atoms with Crippen molar-refractivity contribution in [1.29, 1.82) is 0 Å². The minimum Gasteiger partial charge on any atom is -0.433 e. The van der Waals surface area contributed by atoms with Crippen LogP contribution < -0.4 is 15.4 Å². The van der Waals surface area contributed by atoms with Gasteiger partial charge in [-0.25, -0.2) is 8.42 Å². The quantitative estimate of drug-likeness (QED) is 0.555. The Morgan fingerprint density at radius 3 is 2.45 bits per heavy atom. The predicted molar refractivity (Wildman–Crippen MR) is 119 cm³/mol. The average Bonchev–Trinajstić information content (AvgIpc) is 2.72. The number of benzene rings is 2. The van der Waals surface area contributed by atoms with Crippen molar-refractivity contribution in [2.24, 2.45) is 0 Å². The molecule has 2 aromatic carbocycles. The number of hydrogen-bond acceptors (Lipinski definition) is 5. The summed E-state index contributed by atoms with van der Waals surface area (Å²) in [6, 6.07) is 8.31. The molecule has 1 fully saturated rings. The molecule has 0 amide bonds. The van der Waals surface area contributed by atoms with Gasteiger partial charge in [0.2, 0.25) is 10.0 Å². The molecule has 3 rings (SSSR count). The molecule has 13 heteroatoms. The van der Waals surface area contributed by atoms with Gasteiger partial charge in [0.25, 0.3) is 0 Å². The molecule has 0 aromatic heterocycles. The molecular formula is C18H17Cl2F2N3O4S2. The normalized spacial score (nSPS) is 15.0. The molecule has 0 atom stereocenters. The van der Waals surface area contributed by atoms with Gasteiger partial charge < -0.3 is 20.1 Å². The molecule has 0 spiro atoms. The van der Waals surface area contributed by atoms with Crippen LogP contribution in [0.2, 0.25) is 10.0 Å². The third kappa shape index (κ3) is 6.15. The first-order valence-electron chi connectivity index (χ1n) is 8.86. The third-order valence-electron chi connectivity index (χ3n) is 4.20. The number of rotatable bonds is 6. The highest BCUT2D eigenvalue weighted by Gasteiger charge is 2.27. The van der Waals surface area contributed by atoms with Crippen molar-refractivity contribution in [2.45, 2.75) is 11.5 Å². The lowest BCUT2D eigenvalue weighted by Gasteiger charge is -2.26. The zero-order valence-electron chi connectivity index (χ0n) is 15.8. The summed E-state index contributed by atoms with van der Waals surface area (Å²) in [6.45, 7) is -1.81. The summed E-state index contributed by atoms with van der Waals surface area (Å²) < 4.78 is 61.2. The minimum absolute atomic E-state index is 0.0373. The van der Waals surface area contributed by atoms with Gasteiger partial charge in [-0.2, -0.15) is 13.1 Å². The number of sulfonamides is 1. The zero-order valence-corrected chi connectivity index (χ0v) is 18.9. The van der Waals surface area contributed by atoms with Crippen molar-refractivity contribution in [3.8, 4) is 5.75 Å². The number of ether oxygens (including phenoxy) is 2. The first-order chi connectivity index (χ1) is 14.7. The maximum atomic E-state index is 12.8. The number of anilines is 2. The van der Waals surface area contributed by atoms with Crippen LogP contribution >= 0.6 is 35.4 Å². The molecule has 1 saturated heterocycles. The maximum Gasteiger partial charge on any atom is 0.387 e. The second-order valence-corrected chi connectivity index (χ2v) is 9.42. The highest BCUT2D eigenvalue weighted by atomic mass is 35.5. The Bertz CT molecular complexity index is 1070. The summed E-state index contributed by atoms with van der Waals surface area (Å²) in [7, 11) is -3.72. The molecule has 0 unspecified atom stereocenters. The molecule has 2 aromatic rings.